The summed E-state index contributed by atoms with van der Waals surface area (Å²) in [5.41, 5.74) is 10.5. The quantitative estimate of drug-likeness (QED) is 0.796. The van der Waals surface area contributed by atoms with Crippen molar-refractivity contribution in [1.29, 1.82) is 0 Å². The van der Waals surface area contributed by atoms with Gasteiger partial charge in [0.25, 0.3) is 0 Å². The molecule has 3 rings (SSSR count). The molecular weight excluding hydrogens is 260 g/mol. The fourth-order valence-corrected chi connectivity index (χ4v) is 2.84. The monoisotopic (exact) mass is 280 g/mol. The summed E-state index contributed by atoms with van der Waals surface area (Å²) in [7, 11) is 3.79. The van der Waals surface area contributed by atoms with Gasteiger partial charge in [0, 0.05) is 35.3 Å². The highest BCUT2D eigenvalue weighted by molar-refractivity contribution is 5.97. The number of aryl methyl sites for hydroxylation is 1. The molecule has 0 atom stereocenters. The number of methoxy groups -OCH3 is 1. The highest BCUT2D eigenvalue weighted by atomic mass is 16.5. The Hall–Kier alpha value is -2.26. The van der Waals surface area contributed by atoms with Gasteiger partial charge in [0.15, 0.2) is 0 Å². The van der Waals surface area contributed by atoms with Crippen molar-refractivity contribution in [3.63, 3.8) is 0 Å². The minimum atomic E-state index is 0.654. The number of para-hydroxylation sites is 1. The van der Waals surface area contributed by atoms with Crippen LogP contribution in [0.1, 0.15) is 5.56 Å². The summed E-state index contributed by atoms with van der Waals surface area (Å²) >= 11 is 0. The Morgan fingerprint density at radius 3 is 2.67 bits per heavy atom. The van der Waals surface area contributed by atoms with Gasteiger partial charge in [0.05, 0.1) is 7.11 Å². The van der Waals surface area contributed by atoms with Crippen LogP contribution in [0, 0.1) is 0 Å². The van der Waals surface area contributed by atoms with Crippen LogP contribution in [-0.2, 0) is 13.5 Å². The summed E-state index contributed by atoms with van der Waals surface area (Å²) < 4.78 is 7.70. The number of benzene rings is 2. The lowest BCUT2D eigenvalue weighted by Gasteiger charge is -2.10. The Balaban J connectivity index is 2.23. The SMILES string of the molecule is COc1ccc(CCN)cc1-c1cn(C)c2ccccc12. The fourth-order valence-electron chi connectivity index (χ4n) is 2.84. The molecule has 0 unspecified atom stereocenters. The second-order valence-corrected chi connectivity index (χ2v) is 5.24. The minimum absolute atomic E-state index is 0.654. The van der Waals surface area contributed by atoms with E-state index < -0.39 is 0 Å². The van der Waals surface area contributed by atoms with Crippen LogP contribution in [0.5, 0.6) is 5.75 Å². The number of ether oxygens (including phenoxy) is 1. The smallest absolute Gasteiger partial charge is 0.126 e. The van der Waals surface area contributed by atoms with Crippen LogP contribution in [-0.4, -0.2) is 18.2 Å². The molecule has 0 saturated heterocycles. The van der Waals surface area contributed by atoms with E-state index in [0.717, 1.165) is 17.7 Å². The van der Waals surface area contributed by atoms with Crippen molar-refractivity contribution in [3.05, 3.63) is 54.2 Å². The van der Waals surface area contributed by atoms with E-state index in [1.165, 1.54) is 22.0 Å². The van der Waals surface area contributed by atoms with E-state index in [1.807, 2.05) is 6.07 Å². The van der Waals surface area contributed by atoms with Crippen molar-refractivity contribution >= 4 is 10.9 Å². The van der Waals surface area contributed by atoms with Gasteiger partial charge in [-0.15, -0.1) is 0 Å². The molecule has 0 aliphatic heterocycles. The molecule has 0 amide bonds. The largest absolute Gasteiger partial charge is 0.496 e. The number of hydrogen-bond donors (Lipinski definition) is 1. The highest BCUT2D eigenvalue weighted by Crippen LogP contribution is 2.36. The van der Waals surface area contributed by atoms with Crippen LogP contribution in [0.3, 0.4) is 0 Å². The molecule has 1 heterocycles. The molecule has 2 N–H and O–H groups in total. The van der Waals surface area contributed by atoms with Gasteiger partial charge in [0.1, 0.15) is 5.75 Å². The van der Waals surface area contributed by atoms with Gasteiger partial charge in [0.2, 0.25) is 0 Å². The molecule has 3 aromatic rings. The minimum Gasteiger partial charge on any atom is -0.496 e. The number of fused-ring (bicyclic) bond motifs is 1. The normalized spacial score (nSPS) is 11.0. The first-order valence-corrected chi connectivity index (χ1v) is 7.16. The van der Waals surface area contributed by atoms with Crippen molar-refractivity contribution in [2.24, 2.45) is 12.8 Å². The maximum Gasteiger partial charge on any atom is 0.126 e. The Morgan fingerprint density at radius 1 is 1.10 bits per heavy atom. The van der Waals surface area contributed by atoms with Crippen molar-refractivity contribution in [2.45, 2.75) is 6.42 Å². The highest BCUT2D eigenvalue weighted by Gasteiger charge is 2.13. The molecule has 0 bridgehead atoms. The summed E-state index contributed by atoms with van der Waals surface area (Å²) in [6, 6.07) is 14.7. The third kappa shape index (κ3) is 2.41. The molecule has 0 aliphatic rings. The summed E-state index contributed by atoms with van der Waals surface area (Å²) in [4.78, 5) is 0. The molecule has 108 valence electrons. The van der Waals surface area contributed by atoms with E-state index in [9.17, 15) is 0 Å². The van der Waals surface area contributed by atoms with E-state index in [-0.39, 0.29) is 0 Å². The van der Waals surface area contributed by atoms with E-state index in [0.29, 0.717) is 6.54 Å². The van der Waals surface area contributed by atoms with E-state index in [1.54, 1.807) is 7.11 Å². The molecule has 0 fully saturated rings. The molecule has 0 radical (unpaired) electrons. The molecular formula is C18H20N2O. The fraction of sp³-hybridized carbons (Fsp3) is 0.222. The zero-order chi connectivity index (χ0) is 14.8. The van der Waals surface area contributed by atoms with Gasteiger partial charge in [-0.1, -0.05) is 24.3 Å². The van der Waals surface area contributed by atoms with Crippen LogP contribution in [0.25, 0.3) is 22.0 Å². The first-order chi connectivity index (χ1) is 10.2. The summed E-state index contributed by atoms with van der Waals surface area (Å²) in [6.07, 6.45) is 3.04. The Bertz CT molecular complexity index is 774. The lowest BCUT2D eigenvalue weighted by molar-refractivity contribution is 0.416. The lowest BCUT2D eigenvalue weighted by atomic mass is 10.00. The zero-order valence-electron chi connectivity index (χ0n) is 12.5. The van der Waals surface area contributed by atoms with Crippen molar-refractivity contribution in [2.75, 3.05) is 13.7 Å². The van der Waals surface area contributed by atoms with Gasteiger partial charge >= 0.3 is 0 Å². The first kappa shape index (κ1) is 13.7. The molecule has 21 heavy (non-hydrogen) atoms. The lowest BCUT2D eigenvalue weighted by Crippen LogP contribution is -2.03. The average Bonchev–Trinajstić information content (AvgIpc) is 2.85. The Labute approximate surface area is 125 Å². The predicted octanol–water partition coefficient (Wildman–Crippen LogP) is 3.36. The zero-order valence-corrected chi connectivity index (χ0v) is 12.5. The summed E-state index contributed by atoms with van der Waals surface area (Å²) in [5, 5.41) is 1.24. The van der Waals surface area contributed by atoms with Crippen molar-refractivity contribution in [3.8, 4) is 16.9 Å². The third-order valence-corrected chi connectivity index (χ3v) is 3.88. The topological polar surface area (TPSA) is 40.2 Å². The van der Waals surface area contributed by atoms with Crippen molar-refractivity contribution in [1.82, 2.24) is 4.57 Å². The summed E-state index contributed by atoms with van der Waals surface area (Å²) in [6.45, 7) is 0.654. The van der Waals surface area contributed by atoms with E-state index >= 15 is 0 Å². The van der Waals surface area contributed by atoms with Crippen LogP contribution in [0.2, 0.25) is 0 Å². The number of nitrogens with two attached hydrogens (primary N) is 1. The van der Waals surface area contributed by atoms with E-state index in [4.69, 9.17) is 10.5 Å². The number of hydrogen-bond acceptors (Lipinski definition) is 2. The number of rotatable bonds is 4. The van der Waals surface area contributed by atoms with Gasteiger partial charge in [-0.05, 0) is 36.7 Å². The molecule has 0 saturated carbocycles. The van der Waals surface area contributed by atoms with E-state index in [2.05, 4.69) is 54.2 Å². The van der Waals surface area contributed by atoms with Gasteiger partial charge < -0.3 is 15.0 Å². The van der Waals surface area contributed by atoms with Crippen LogP contribution in [0.4, 0.5) is 0 Å². The number of aromatic nitrogens is 1. The standard InChI is InChI=1S/C18H20N2O/c1-20-12-16(14-5-3-4-6-17(14)20)15-11-13(9-10-19)7-8-18(15)21-2/h3-8,11-12H,9-10,19H2,1-2H3. The van der Waals surface area contributed by atoms with Crippen molar-refractivity contribution < 1.29 is 4.74 Å². The average molecular weight is 280 g/mol. The van der Waals surface area contributed by atoms with Crippen LogP contribution < -0.4 is 10.5 Å². The van der Waals surface area contributed by atoms with Gasteiger partial charge in [-0.25, -0.2) is 0 Å². The van der Waals surface area contributed by atoms with Gasteiger partial charge in [-0.2, -0.15) is 0 Å². The molecule has 2 aromatic carbocycles. The molecule has 0 aliphatic carbocycles. The maximum absolute atomic E-state index is 5.68. The second kappa shape index (κ2) is 5.62. The maximum atomic E-state index is 5.68. The second-order valence-electron chi connectivity index (χ2n) is 5.24. The first-order valence-electron chi connectivity index (χ1n) is 7.16. The molecule has 0 spiro atoms. The van der Waals surface area contributed by atoms with Crippen LogP contribution >= 0.6 is 0 Å². The van der Waals surface area contributed by atoms with Crippen LogP contribution in [0.15, 0.2) is 48.7 Å². The predicted molar refractivity (Wildman–Crippen MR) is 87.7 cm³/mol. The molecule has 3 nitrogen and oxygen atoms in total. The van der Waals surface area contributed by atoms with Gasteiger partial charge in [-0.3, -0.25) is 0 Å². The Morgan fingerprint density at radius 2 is 1.90 bits per heavy atom. The Kier molecular flexibility index (Phi) is 3.67. The third-order valence-electron chi connectivity index (χ3n) is 3.88. The summed E-state index contributed by atoms with van der Waals surface area (Å²) in [5.74, 6) is 0.895. The number of nitrogens with zero attached hydrogens (tertiary/aromatic N) is 1. The molecule has 3 heteroatoms. The molecule has 1 aromatic heterocycles.